The first-order chi connectivity index (χ1) is 11.6. The predicted molar refractivity (Wildman–Crippen MR) is 95.1 cm³/mol. The Labute approximate surface area is 144 Å². The molecule has 1 heterocycles. The average Bonchev–Trinajstić information content (AvgIpc) is 2.60. The molecule has 24 heavy (non-hydrogen) atoms. The van der Waals surface area contributed by atoms with Crippen LogP contribution in [0.25, 0.3) is 11.3 Å². The SMILES string of the molecule is O=C(NCc1cccc(Cl)c1)c1ccc(-c2ccccc2)[nH]c1=O. The summed E-state index contributed by atoms with van der Waals surface area (Å²) >= 11 is 5.91. The highest BCUT2D eigenvalue weighted by Crippen LogP contribution is 2.15. The maximum atomic E-state index is 12.2. The molecule has 0 saturated carbocycles. The van der Waals surface area contributed by atoms with Gasteiger partial charge in [0.1, 0.15) is 5.56 Å². The van der Waals surface area contributed by atoms with Gasteiger partial charge in [0.25, 0.3) is 11.5 Å². The van der Waals surface area contributed by atoms with E-state index in [1.165, 1.54) is 6.07 Å². The van der Waals surface area contributed by atoms with Crippen molar-refractivity contribution in [1.29, 1.82) is 0 Å². The van der Waals surface area contributed by atoms with Crippen LogP contribution in [0, 0.1) is 0 Å². The minimum absolute atomic E-state index is 0.0803. The lowest BCUT2D eigenvalue weighted by atomic mass is 10.1. The lowest BCUT2D eigenvalue weighted by Crippen LogP contribution is -2.29. The predicted octanol–water partition coefficient (Wildman–Crippen LogP) is 3.63. The number of aromatic amines is 1. The van der Waals surface area contributed by atoms with Gasteiger partial charge >= 0.3 is 0 Å². The number of amides is 1. The molecule has 0 bridgehead atoms. The molecule has 0 unspecified atom stereocenters. The van der Waals surface area contributed by atoms with E-state index in [-0.39, 0.29) is 5.56 Å². The van der Waals surface area contributed by atoms with E-state index in [4.69, 9.17) is 11.6 Å². The Morgan fingerprint density at radius 3 is 2.50 bits per heavy atom. The van der Waals surface area contributed by atoms with E-state index in [1.807, 2.05) is 42.5 Å². The molecular formula is C19H15ClN2O2. The van der Waals surface area contributed by atoms with Gasteiger partial charge in [-0.25, -0.2) is 0 Å². The molecule has 2 aromatic carbocycles. The standard InChI is InChI=1S/C19H15ClN2O2/c20-15-8-4-5-13(11-15)12-21-18(23)16-9-10-17(22-19(16)24)14-6-2-1-3-7-14/h1-11H,12H2,(H,21,23)(H,22,24). The van der Waals surface area contributed by atoms with Crippen molar-refractivity contribution in [1.82, 2.24) is 10.3 Å². The molecule has 3 rings (SSSR count). The van der Waals surface area contributed by atoms with E-state index in [0.29, 0.717) is 17.3 Å². The summed E-state index contributed by atoms with van der Waals surface area (Å²) in [6, 6.07) is 19.9. The molecule has 0 saturated heterocycles. The van der Waals surface area contributed by atoms with Gasteiger partial charge < -0.3 is 10.3 Å². The summed E-state index contributed by atoms with van der Waals surface area (Å²) in [5.41, 5.74) is 2.09. The quantitative estimate of drug-likeness (QED) is 0.763. The van der Waals surface area contributed by atoms with E-state index in [1.54, 1.807) is 18.2 Å². The van der Waals surface area contributed by atoms with Crippen molar-refractivity contribution in [3.8, 4) is 11.3 Å². The number of pyridine rings is 1. The van der Waals surface area contributed by atoms with Crippen molar-refractivity contribution in [2.75, 3.05) is 0 Å². The van der Waals surface area contributed by atoms with Crippen LogP contribution in [0.3, 0.4) is 0 Å². The fourth-order valence-electron chi connectivity index (χ4n) is 2.36. The van der Waals surface area contributed by atoms with Crippen LogP contribution in [-0.4, -0.2) is 10.9 Å². The topological polar surface area (TPSA) is 62.0 Å². The molecule has 1 amide bonds. The Morgan fingerprint density at radius 2 is 1.79 bits per heavy atom. The number of rotatable bonds is 4. The number of aromatic nitrogens is 1. The monoisotopic (exact) mass is 338 g/mol. The average molecular weight is 339 g/mol. The Bertz CT molecular complexity index is 920. The summed E-state index contributed by atoms with van der Waals surface area (Å²) in [5.74, 6) is -0.421. The third kappa shape index (κ3) is 3.73. The molecule has 0 aliphatic heterocycles. The molecule has 5 heteroatoms. The molecular weight excluding hydrogens is 324 g/mol. The maximum absolute atomic E-state index is 12.2. The van der Waals surface area contributed by atoms with Gasteiger partial charge in [0, 0.05) is 17.3 Å². The second-order valence-corrected chi connectivity index (χ2v) is 5.73. The number of nitrogens with one attached hydrogen (secondary N) is 2. The van der Waals surface area contributed by atoms with Crippen molar-refractivity contribution in [3.63, 3.8) is 0 Å². The molecule has 0 atom stereocenters. The Morgan fingerprint density at radius 1 is 1.00 bits per heavy atom. The number of carbonyl (C=O) groups excluding carboxylic acids is 1. The first-order valence-electron chi connectivity index (χ1n) is 7.45. The number of hydrogen-bond donors (Lipinski definition) is 2. The second-order valence-electron chi connectivity index (χ2n) is 5.29. The number of halogens is 1. The maximum Gasteiger partial charge on any atom is 0.261 e. The number of carbonyl (C=O) groups is 1. The molecule has 3 aromatic rings. The molecule has 0 aliphatic rings. The van der Waals surface area contributed by atoms with Gasteiger partial charge in [-0.1, -0.05) is 54.1 Å². The third-order valence-corrected chi connectivity index (χ3v) is 3.82. The lowest BCUT2D eigenvalue weighted by Gasteiger charge is -2.07. The zero-order chi connectivity index (χ0) is 16.9. The smallest absolute Gasteiger partial charge is 0.261 e. The first-order valence-corrected chi connectivity index (χ1v) is 7.83. The van der Waals surface area contributed by atoms with Crippen LogP contribution in [0.1, 0.15) is 15.9 Å². The number of benzene rings is 2. The zero-order valence-electron chi connectivity index (χ0n) is 12.8. The molecule has 0 spiro atoms. The van der Waals surface area contributed by atoms with E-state index in [2.05, 4.69) is 10.3 Å². The van der Waals surface area contributed by atoms with Crippen LogP contribution in [0.2, 0.25) is 5.02 Å². The summed E-state index contributed by atoms with van der Waals surface area (Å²) in [7, 11) is 0. The van der Waals surface area contributed by atoms with Gasteiger partial charge in [0.2, 0.25) is 0 Å². The number of hydrogen-bond acceptors (Lipinski definition) is 2. The highest BCUT2D eigenvalue weighted by molar-refractivity contribution is 6.30. The van der Waals surface area contributed by atoms with Crippen molar-refractivity contribution in [2.45, 2.75) is 6.54 Å². The fraction of sp³-hybridized carbons (Fsp3) is 0.0526. The highest BCUT2D eigenvalue weighted by atomic mass is 35.5. The molecule has 0 aliphatic carbocycles. The molecule has 0 fully saturated rings. The van der Waals surface area contributed by atoms with Gasteiger partial charge in [-0.05, 0) is 35.4 Å². The largest absolute Gasteiger partial charge is 0.348 e. The van der Waals surface area contributed by atoms with Crippen LogP contribution in [-0.2, 0) is 6.54 Å². The van der Waals surface area contributed by atoms with E-state index < -0.39 is 11.5 Å². The molecule has 4 nitrogen and oxygen atoms in total. The summed E-state index contributed by atoms with van der Waals surface area (Å²) in [6.45, 7) is 0.305. The summed E-state index contributed by atoms with van der Waals surface area (Å²) < 4.78 is 0. The minimum atomic E-state index is -0.421. The van der Waals surface area contributed by atoms with Crippen LogP contribution >= 0.6 is 11.6 Å². The van der Waals surface area contributed by atoms with Gasteiger partial charge in [-0.2, -0.15) is 0 Å². The Kier molecular flexibility index (Phi) is 4.77. The summed E-state index contributed by atoms with van der Waals surface area (Å²) in [6.07, 6.45) is 0. The molecule has 0 radical (unpaired) electrons. The van der Waals surface area contributed by atoms with E-state index >= 15 is 0 Å². The Balaban J connectivity index is 1.75. The van der Waals surface area contributed by atoms with E-state index in [0.717, 1.165) is 11.1 Å². The molecule has 120 valence electrons. The van der Waals surface area contributed by atoms with Gasteiger partial charge in [-0.3, -0.25) is 9.59 Å². The third-order valence-electron chi connectivity index (χ3n) is 3.58. The zero-order valence-corrected chi connectivity index (χ0v) is 13.5. The van der Waals surface area contributed by atoms with Crippen molar-refractivity contribution in [3.05, 3.63) is 93.2 Å². The summed E-state index contributed by atoms with van der Waals surface area (Å²) in [5, 5.41) is 3.33. The van der Waals surface area contributed by atoms with E-state index in [9.17, 15) is 9.59 Å². The minimum Gasteiger partial charge on any atom is -0.348 e. The molecule has 2 N–H and O–H groups in total. The highest BCUT2D eigenvalue weighted by Gasteiger charge is 2.11. The molecule has 1 aromatic heterocycles. The van der Waals surface area contributed by atoms with Gasteiger partial charge in [0.15, 0.2) is 0 Å². The van der Waals surface area contributed by atoms with Crippen molar-refractivity contribution < 1.29 is 4.79 Å². The normalized spacial score (nSPS) is 10.4. The van der Waals surface area contributed by atoms with Gasteiger partial charge in [0.05, 0.1) is 0 Å². The van der Waals surface area contributed by atoms with Crippen LogP contribution < -0.4 is 10.9 Å². The van der Waals surface area contributed by atoms with Crippen LogP contribution in [0.4, 0.5) is 0 Å². The fourth-order valence-corrected chi connectivity index (χ4v) is 2.58. The first kappa shape index (κ1) is 16.0. The van der Waals surface area contributed by atoms with Crippen molar-refractivity contribution in [2.24, 2.45) is 0 Å². The number of H-pyrrole nitrogens is 1. The summed E-state index contributed by atoms with van der Waals surface area (Å²) in [4.78, 5) is 27.1. The Hall–Kier alpha value is -2.85. The van der Waals surface area contributed by atoms with Crippen LogP contribution in [0.5, 0.6) is 0 Å². The lowest BCUT2D eigenvalue weighted by molar-refractivity contribution is 0.0949. The second kappa shape index (κ2) is 7.15. The van der Waals surface area contributed by atoms with Gasteiger partial charge in [-0.15, -0.1) is 0 Å². The van der Waals surface area contributed by atoms with Crippen molar-refractivity contribution >= 4 is 17.5 Å². The van der Waals surface area contributed by atoms with Crippen LogP contribution in [0.15, 0.2) is 71.5 Å².